The van der Waals surface area contributed by atoms with Gasteiger partial charge in [-0.15, -0.1) is 0 Å². The fraction of sp³-hybridized carbons (Fsp3) is 0.409. The third-order valence-corrected chi connectivity index (χ3v) is 5.12. The first kappa shape index (κ1) is 18.3. The summed E-state index contributed by atoms with van der Waals surface area (Å²) in [5.41, 5.74) is 2.19. The van der Waals surface area contributed by atoms with Crippen molar-refractivity contribution in [3.05, 3.63) is 60.2 Å². The van der Waals surface area contributed by atoms with E-state index >= 15 is 0 Å². The summed E-state index contributed by atoms with van der Waals surface area (Å²) in [6.07, 6.45) is 2.88. The molecule has 2 aromatic carbocycles. The van der Waals surface area contributed by atoms with Crippen LogP contribution in [0.2, 0.25) is 0 Å². The molecule has 1 aliphatic heterocycles. The molecule has 1 saturated heterocycles. The average Bonchev–Trinajstić information content (AvgIpc) is 2.69. The molecule has 0 bridgehead atoms. The van der Waals surface area contributed by atoms with E-state index in [1.54, 1.807) is 7.11 Å². The second kappa shape index (κ2) is 8.75. The van der Waals surface area contributed by atoms with E-state index in [-0.39, 0.29) is 17.9 Å². The van der Waals surface area contributed by atoms with Gasteiger partial charge in [0.2, 0.25) is 5.91 Å². The zero-order valence-corrected chi connectivity index (χ0v) is 15.7. The molecule has 138 valence electrons. The van der Waals surface area contributed by atoms with Crippen LogP contribution in [0.4, 0.5) is 5.69 Å². The minimum Gasteiger partial charge on any atom is -0.495 e. The number of piperidine rings is 1. The van der Waals surface area contributed by atoms with Crippen LogP contribution in [-0.2, 0) is 4.79 Å². The van der Waals surface area contributed by atoms with Crippen molar-refractivity contribution in [3.63, 3.8) is 0 Å². The SMILES string of the molecule is CCC(C(=O)NC1CCCN(c2ccccc2OC)C1)c1ccccc1. The second-order valence-electron chi connectivity index (χ2n) is 6.84. The maximum atomic E-state index is 12.9. The molecule has 0 radical (unpaired) electrons. The fourth-order valence-electron chi connectivity index (χ4n) is 3.76. The Bertz CT molecular complexity index is 717. The highest BCUT2D eigenvalue weighted by molar-refractivity contribution is 5.84. The normalized spacial score (nSPS) is 18.2. The molecular formula is C22H28N2O2. The maximum absolute atomic E-state index is 12.9. The first-order chi connectivity index (χ1) is 12.7. The number of para-hydroxylation sites is 2. The van der Waals surface area contributed by atoms with Crippen LogP contribution in [0.3, 0.4) is 0 Å². The largest absolute Gasteiger partial charge is 0.495 e. The van der Waals surface area contributed by atoms with Gasteiger partial charge in [0.05, 0.1) is 18.7 Å². The molecule has 4 nitrogen and oxygen atoms in total. The Morgan fingerprint density at radius 1 is 1.19 bits per heavy atom. The Morgan fingerprint density at radius 2 is 1.92 bits per heavy atom. The third kappa shape index (κ3) is 4.18. The first-order valence-electron chi connectivity index (χ1n) is 9.46. The van der Waals surface area contributed by atoms with Gasteiger partial charge in [0, 0.05) is 19.1 Å². The van der Waals surface area contributed by atoms with Gasteiger partial charge in [-0.1, -0.05) is 49.4 Å². The van der Waals surface area contributed by atoms with Crippen molar-refractivity contribution in [3.8, 4) is 5.75 Å². The van der Waals surface area contributed by atoms with Crippen molar-refractivity contribution in [1.82, 2.24) is 5.32 Å². The van der Waals surface area contributed by atoms with E-state index in [4.69, 9.17) is 4.74 Å². The number of ether oxygens (including phenoxy) is 1. The minimum atomic E-state index is -0.0853. The van der Waals surface area contributed by atoms with Gasteiger partial charge in [-0.05, 0) is 37.0 Å². The summed E-state index contributed by atoms with van der Waals surface area (Å²) in [7, 11) is 1.70. The number of carbonyl (C=O) groups is 1. The standard InChI is InChI=1S/C22H28N2O2/c1-3-19(17-10-5-4-6-11-17)22(25)23-18-12-9-15-24(16-18)20-13-7-8-14-21(20)26-2/h4-8,10-11,13-14,18-19H,3,9,12,15-16H2,1-2H3,(H,23,25). The molecule has 1 amide bonds. The average molecular weight is 352 g/mol. The molecule has 2 aromatic rings. The maximum Gasteiger partial charge on any atom is 0.227 e. The Balaban J connectivity index is 1.67. The highest BCUT2D eigenvalue weighted by Crippen LogP contribution is 2.30. The van der Waals surface area contributed by atoms with Gasteiger partial charge in [-0.2, -0.15) is 0 Å². The Morgan fingerprint density at radius 3 is 2.65 bits per heavy atom. The molecule has 1 aliphatic rings. The summed E-state index contributed by atoms with van der Waals surface area (Å²) in [6, 6.07) is 18.3. The molecule has 0 aromatic heterocycles. The second-order valence-corrected chi connectivity index (χ2v) is 6.84. The van der Waals surface area contributed by atoms with Gasteiger partial charge in [0.25, 0.3) is 0 Å². The monoisotopic (exact) mass is 352 g/mol. The Labute approximate surface area is 156 Å². The van der Waals surface area contributed by atoms with Crippen molar-refractivity contribution >= 4 is 11.6 Å². The van der Waals surface area contributed by atoms with Crippen LogP contribution < -0.4 is 15.0 Å². The third-order valence-electron chi connectivity index (χ3n) is 5.12. The van der Waals surface area contributed by atoms with Crippen molar-refractivity contribution in [1.29, 1.82) is 0 Å². The molecule has 2 unspecified atom stereocenters. The van der Waals surface area contributed by atoms with E-state index < -0.39 is 0 Å². The predicted octanol–water partition coefficient (Wildman–Crippen LogP) is 3.97. The molecule has 0 saturated carbocycles. The molecule has 1 heterocycles. The van der Waals surface area contributed by atoms with E-state index in [1.165, 1.54) is 0 Å². The van der Waals surface area contributed by atoms with Gasteiger partial charge >= 0.3 is 0 Å². The highest BCUT2D eigenvalue weighted by Gasteiger charge is 2.26. The summed E-state index contributed by atoms with van der Waals surface area (Å²) in [5, 5.41) is 3.28. The van der Waals surface area contributed by atoms with E-state index in [1.807, 2.05) is 48.5 Å². The minimum absolute atomic E-state index is 0.0853. The van der Waals surface area contributed by atoms with Crippen molar-refractivity contribution in [2.24, 2.45) is 0 Å². The molecule has 0 aliphatic carbocycles. The number of nitrogens with zero attached hydrogens (tertiary/aromatic N) is 1. The van der Waals surface area contributed by atoms with Crippen LogP contribution in [0.5, 0.6) is 5.75 Å². The Hall–Kier alpha value is -2.49. The molecule has 26 heavy (non-hydrogen) atoms. The van der Waals surface area contributed by atoms with Crippen LogP contribution in [-0.4, -0.2) is 32.1 Å². The van der Waals surface area contributed by atoms with Crippen LogP contribution in [0, 0.1) is 0 Å². The number of benzene rings is 2. The van der Waals surface area contributed by atoms with Gasteiger partial charge < -0.3 is 15.0 Å². The lowest BCUT2D eigenvalue weighted by Gasteiger charge is -2.36. The number of hydrogen-bond acceptors (Lipinski definition) is 3. The smallest absolute Gasteiger partial charge is 0.227 e. The van der Waals surface area contributed by atoms with Gasteiger partial charge in [0.15, 0.2) is 0 Å². The van der Waals surface area contributed by atoms with Crippen LogP contribution in [0.1, 0.15) is 37.7 Å². The van der Waals surface area contributed by atoms with Crippen LogP contribution in [0.25, 0.3) is 0 Å². The summed E-state index contributed by atoms with van der Waals surface area (Å²) in [4.78, 5) is 15.2. The summed E-state index contributed by atoms with van der Waals surface area (Å²) in [5.74, 6) is 0.929. The van der Waals surface area contributed by atoms with Crippen LogP contribution in [0.15, 0.2) is 54.6 Å². The van der Waals surface area contributed by atoms with Crippen LogP contribution >= 0.6 is 0 Å². The molecule has 0 spiro atoms. The van der Waals surface area contributed by atoms with Gasteiger partial charge in [-0.3, -0.25) is 4.79 Å². The van der Waals surface area contributed by atoms with E-state index in [0.29, 0.717) is 0 Å². The number of nitrogens with one attached hydrogen (secondary N) is 1. The molecule has 1 N–H and O–H groups in total. The summed E-state index contributed by atoms with van der Waals surface area (Å²) < 4.78 is 5.50. The molecule has 1 fully saturated rings. The summed E-state index contributed by atoms with van der Waals surface area (Å²) >= 11 is 0. The number of carbonyl (C=O) groups excluding carboxylic acids is 1. The molecular weight excluding hydrogens is 324 g/mol. The number of anilines is 1. The quantitative estimate of drug-likeness (QED) is 0.855. The lowest BCUT2D eigenvalue weighted by molar-refractivity contribution is -0.123. The highest BCUT2D eigenvalue weighted by atomic mass is 16.5. The van der Waals surface area contributed by atoms with E-state index in [2.05, 4.69) is 23.2 Å². The number of amides is 1. The van der Waals surface area contributed by atoms with Crippen molar-refractivity contribution < 1.29 is 9.53 Å². The Kier molecular flexibility index (Phi) is 6.16. The zero-order valence-electron chi connectivity index (χ0n) is 15.7. The molecule has 3 rings (SSSR count). The van der Waals surface area contributed by atoms with Crippen molar-refractivity contribution in [2.75, 3.05) is 25.1 Å². The lowest BCUT2D eigenvalue weighted by atomic mass is 9.94. The summed E-state index contributed by atoms with van der Waals surface area (Å²) in [6.45, 7) is 3.87. The lowest BCUT2D eigenvalue weighted by Crippen LogP contribution is -2.49. The fourth-order valence-corrected chi connectivity index (χ4v) is 3.76. The number of methoxy groups -OCH3 is 1. The van der Waals surface area contributed by atoms with E-state index in [0.717, 1.165) is 49.4 Å². The number of hydrogen-bond donors (Lipinski definition) is 1. The van der Waals surface area contributed by atoms with Gasteiger partial charge in [0.1, 0.15) is 5.75 Å². The zero-order chi connectivity index (χ0) is 18.4. The molecule has 4 heteroatoms. The number of rotatable bonds is 6. The van der Waals surface area contributed by atoms with E-state index in [9.17, 15) is 4.79 Å². The molecule has 2 atom stereocenters. The topological polar surface area (TPSA) is 41.6 Å². The van der Waals surface area contributed by atoms with Gasteiger partial charge in [-0.25, -0.2) is 0 Å². The predicted molar refractivity (Wildman–Crippen MR) is 106 cm³/mol. The first-order valence-corrected chi connectivity index (χ1v) is 9.46. The van der Waals surface area contributed by atoms with Crippen molar-refractivity contribution in [2.45, 2.75) is 38.1 Å².